The van der Waals surface area contributed by atoms with Crippen molar-refractivity contribution < 1.29 is 18.3 Å². The molecule has 1 amide bonds. The zero-order chi connectivity index (χ0) is 14.0. The van der Waals surface area contributed by atoms with E-state index < -0.39 is 11.6 Å². The second-order valence-electron chi connectivity index (χ2n) is 4.23. The van der Waals surface area contributed by atoms with Gasteiger partial charge in [-0.25, -0.2) is 8.78 Å². The molecule has 2 N–H and O–H groups in total. The van der Waals surface area contributed by atoms with Gasteiger partial charge in [0, 0.05) is 12.3 Å². The summed E-state index contributed by atoms with van der Waals surface area (Å²) in [5, 5.41) is 0. The van der Waals surface area contributed by atoms with Crippen LogP contribution in [-0.4, -0.2) is 37.4 Å². The summed E-state index contributed by atoms with van der Waals surface area (Å²) in [6.07, 6.45) is 0. The Morgan fingerprint density at radius 2 is 2.00 bits per heavy atom. The number of nitrogens with zero attached hydrogens (tertiary/aromatic N) is 2. The van der Waals surface area contributed by atoms with E-state index in [1.54, 1.807) is 6.92 Å². The van der Waals surface area contributed by atoms with Gasteiger partial charge in [-0.2, -0.15) is 0 Å². The van der Waals surface area contributed by atoms with E-state index in [4.69, 9.17) is 10.5 Å². The van der Waals surface area contributed by atoms with E-state index in [0.29, 0.717) is 6.61 Å². The molecule has 0 atom stereocenters. The highest BCUT2D eigenvalue weighted by atomic mass is 19.1. The monoisotopic (exact) mass is 271 g/mol. The molecule has 0 aromatic heterocycles. The first-order chi connectivity index (χ1) is 9.02. The summed E-state index contributed by atoms with van der Waals surface area (Å²) >= 11 is 0. The third-order valence-corrected chi connectivity index (χ3v) is 2.83. The Hall–Kier alpha value is -1.89. The summed E-state index contributed by atoms with van der Waals surface area (Å²) < 4.78 is 32.6. The summed E-state index contributed by atoms with van der Waals surface area (Å²) in [6, 6.07) is 2.07. The molecule has 1 fully saturated rings. The van der Waals surface area contributed by atoms with Crippen LogP contribution < -0.4 is 10.6 Å². The molecule has 1 heterocycles. The number of amides is 1. The summed E-state index contributed by atoms with van der Waals surface area (Å²) in [5.41, 5.74) is 5.13. The SMILES string of the molecule is CCOCN1CN(c2c(F)cc(N)cc2F)CC1=O. The summed E-state index contributed by atoms with van der Waals surface area (Å²) in [5.74, 6) is -1.78. The van der Waals surface area contributed by atoms with Gasteiger partial charge in [0.1, 0.15) is 12.4 Å². The fraction of sp³-hybridized carbons (Fsp3) is 0.417. The number of halogens is 2. The fourth-order valence-electron chi connectivity index (χ4n) is 1.95. The van der Waals surface area contributed by atoms with Gasteiger partial charge in [-0.15, -0.1) is 0 Å². The molecule has 0 bridgehead atoms. The molecule has 19 heavy (non-hydrogen) atoms. The van der Waals surface area contributed by atoms with Gasteiger partial charge in [-0.1, -0.05) is 0 Å². The van der Waals surface area contributed by atoms with Crippen LogP contribution in [0, 0.1) is 11.6 Å². The first kappa shape index (κ1) is 13.5. The highest BCUT2D eigenvalue weighted by molar-refractivity contribution is 5.85. The van der Waals surface area contributed by atoms with Gasteiger partial charge in [-0.3, -0.25) is 4.79 Å². The minimum atomic E-state index is -0.774. The number of nitrogen functional groups attached to an aromatic ring is 1. The van der Waals surface area contributed by atoms with Crippen LogP contribution in [0.5, 0.6) is 0 Å². The molecule has 7 heteroatoms. The van der Waals surface area contributed by atoms with Gasteiger partial charge < -0.3 is 20.3 Å². The predicted molar refractivity (Wildman–Crippen MR) is 66.3 cm³/mol. The van der Waals surface area contributed by atoms with Gasteiger partial charge in [-0.05, 0) is 19.1 Å². The van der Waals surface area contributed by atoms with Crippen molar-refractivity contribution in [3.63, 3.8) is 0 Å². The molecule has 5 nitrogen and oxygen atoms in total. The molecule has 1 saturated heterocycles. The van der Waals surface area contributed by atoms with Crippen molar-refractivity contribution in [1.29, 1.82) is 0 Å². The lowest BCUT2D eigenvalue weighted by atomic mass is 10.2. The van der Waals surface area contributed by atoms with Crippen molar-refractivity contribution in [2.75, 3.05) is 37.2 Å². The van der Waals surface area contributed by atoms with Crippen molar-refractivity contribution in [1.82, 2.24) is 4.90 Å². The maximum atomic E-state index is 13.7. The molecule has 2 rings (SSSR count). The Labute approximate surface area is 109 Å². The third-order valence-electron chi connectivity index (χ3n) is 2.83. The summed E-state index contributed by atoms with van der Waals surface area (Å²) in [7, 11) is 0. The number of anilines is 2. The van der Waals surface area contributed by atoms with Crippen LogP contribution in [0.25, 0.3) is 0 Å². The first-order valence-electron chi connectivity index (χ1n) is 5.88. The zero-order valence-electron chi connectivity index (χ0n) is 10.5. The van der Waals surface area contributed by atoms with Crippen molar-refractivity contribution in [2.24, 2.45) is 0 Å². The molecule has 0 saturated carbocycles. The molecular formula is C12H15F2N3O2. The number of benzene rings is 1. The molecule has 104 valence electrons. The second-order valence-corrected chi connectivity index (χ2v) is 4.23. The first-order valence-corrected chi connectivity index (χ1v) is 5.88. The van der Waals surface area contributed by atoms with E-state index in [2.05, 4.69) is 0 Å². The lowest BCUT2D eigenvalue weighted by molar-refractivity contribution is -0.131. The maximum absolute atomic E-state index is 13.7. The Kier molecular flexibility index (Phi) is 3.84. The van der Waals surface area contributed by atoms with Gasteiger partial charge in [0.25, 0.3) is 0 Å². The summed E-state index contributed by atoms with van der Waals surface area (Å²) in [4.78, 5) is 14.4. The molecule has 1 aromatic carbocycles. The van der Waals surface area contributed by atoms with Crippen LogP contribution in [0.2, 0.25) is 0 Å². The number of hydrogen-bond donors (Lipinski definition) is 1. The Morgan fingerprint density at radius 3 is 2.58 bits per heavy atom. The molecule has 0 spiro atoms. The van der Waals surface area contributed by atoms with Crippen LogP contribution in [0.15, 0.2) is 12.1 Å². The smallest absolute Gasteiger partial charge is 0.245 e. The fourth-order valence-corrected chi connectivity index (χ4v) is 1.95. The van der Waals surface area contributed by atoms with Crippen molar-refractivity contribution in [2.45, 2.75) is 6.92 Å². The third kappa shape index (κ3) is 2.76. The average molecular weight is 271 g/mol. The maximum Gasteiger partial charge on any atom is 0.245 e. The molecule has 1 aliphatic rings. The summed E-state index contributed by atoms with van der Waals surface area (Å²) in [6.45, 7) is 2.40. The van der Waals surface area contributed by atoms with Crippen LogP contribution in [0.1, 0.15) is 6.92 Å². The van der Waals surface area contributed by atoms with Crippen molar-refractivity contribution in [3.05, 3.63) is 23.8 Å². The van der Waals surface area contributed by atoms with Crippen molar-refractivity contribution >= 4 is 17.3 Å². The average Bonchev–Trinajstić information content (AvgIpc) is 2.66. The topological polar surface area (TPSA) is 58.8 Å². The number of ether oxygens (including phenoxy) is 1. The van der Waals surface area contributed by atoms with E-state index in [0.717, 1.165) is 12.1 Å². The number of hydrogen-bond acceptors (Lipinski definition) is 4. The van der Waals surface area contributed by atoms with Gasteiger partial charge in [0.2, 0.25) is 5.91 Å². The minimum absolute atomic E-state index is 0.00967. The van der Waals surface area contributed by atoms with E-state index >= 15 is 0 Å². The highest BCUT2D eigenvalue weighted by Gasteiger charge is 2.30. The Balaban J connectivity index is 2.18. The van der Waals surface area contributed by atoms with Crippen LogP contribution >= 0.6 is 0 Å². The molecule has 0 radical (unpaired) electrons. The van der Waals surface area contributed by atoms with E-state index in [-0.39, 0.29) is 37.2 Å². The van der Waals surface area contributed by atoms with Crippen LogP contribution in [-0.2, 0) is 9.53 Å². The van der Waals surface area contributed by atoms with E-state index in [1.807, 2.05) is 0 Å². The largest absolute Gasteiger partial charge is 0.399 e. The molecular weight excluding hydrogens is 256 g/mol. The van der Waals surface area contributed by atoms with Gasteiger partial charge in [0.05, 0.1) is 13.2 Å². The number of carbonyl (C=O) groups is 1. The standard InChI is InChI=1S/C12H15F2N3O2/c1-2-19-7-17-6-16(5-11(17)18)12-9(13)3-8(15)4-10(12)14/h3-4H,2,5-7,15H2,1H3. The minimum Gasteiger partial charge on any atom is -0.399 e. The Bertz CT molecular complexity index is 473. The molecule has 0 aliphatic carbocycles. The normalized spacial score (nSPS) is 15.4. The molecule has 1 aliphatic heterocycles. The quantitative estimate of drug-likeness (QED) is 0.834. The number of rotatable bonds is 4. The van der Waals surface area contributed by atoms with E-state index in [9.17, 15) is 13.6 Å². The van der Waals surface area contributed by atoms with Crippen LogP contribution in [0.4, 0.5) is 20.2 Å². The van der Waals surface area contributed by atoms with E-state index in [1.165, 1.54) is 9.80 Å². The van der Waals surface area contributed by atoms with Gasteiger partial charge >= 0.3 is 0 Å². The van der Waals surface area contributed by atoms with Crippen molar-refractivity contribution in [3.8, 4) is 0 Å². The van der Waals surface area contributed by atoms with Gasteiger partial charge in [0.15, 0.2) is 11.6 Å². The predicted octanol–water partition coefficient (Wildman–Crippen LogP) is 1.15. The number of carbonyl (C=O) groups excluding carboxylic acids is 1. The second kappa shape index (κ2) is 5.40. The molecule has 1 aromatic rings. The Morgan fingerprint density at radius 1 is 1.37 bits per heavy atom. The van der Waals surface area contributed by atoms with Crippen LogP contribution in [0.3, 0.4) is 0 Å². The zero-order valence-corrected chi connectivity index (χ0v) is 10.5. The lowest BCUT2D eigenvalue weighted by Crippen LogP contribution is -2.30. The number of nitrogens with two attached hydrogens (primary N) is 1. The lowest BCUT2D eigenvalue weighted by Gasteiger charge is -2.20. The highest BCUT2D eigenvalue weighted by Crippen LogP contribution is 2.28. The molecule has 0 unspecified atom stereocenters.